The fraction of sp³-hybridized carbons (Fsp3) is 0.273. The van der Waals surface area contributed by atoms with Gasteiger partial charge >= 0.3 is 6.18 Å². The van der Waals surface area contributed by atoms with Crippen molar-refractivity contribution in [1.29, 1.82) is 0 Å². The number of hydrogen-bond donors (Lipinski definition) is 1. The molecule has 4 heteroatoms. The van der Waals surface area contributed by atoms with Gasteiger partial charge in [0.05, 0.1) is 5.56 Å². The fourth-order valence-corrected chi connectivity index (χ4v) is 1.04. The molecule has 0 spiro atoms. The van der Waals surface area contributed by atoms with Gasteiger partial charge in [-0.1, -0.05) is 13.5 Å². The molecule has 0 heterocycles. The minimum absolute atomic E-state index is 0.620. The molecule has 1 nitrogen and oxygen atoms in total. The third-order valence-corrected chi connectivity index (χ3v) is 1.96. The van der Waals surface area contributed by atoms with Crippen LogP contribution < -0.4 is 5.32 Å². The first-order valence-electron chi connectivity index (χ1n) is 4.55. The first-order chi connectivity index (χ1) is 6.93. The van der Waals surface area contributed by atoms with Crippen LogP contribution in [0.25, 0.3) is 0 Å². The molecule has 0 unspecified atom stereocenters. The first-order valence-corrected chi connectivity index (χ1v) is 4.55. The Balaban J connectivity index is 2.77. The Hall–Kier alpha value is -1.45. The van der Waals surface area contributed by atoms with Crippen LogP contribution in [0.15, 0.2) is 36.5 Å². The van der Waals surface area contributed by atoms with E-state index in [1.807, 2.05) is 6.92 Å². The molecular formula is C11H12F3N. The van der Waals surface area contributed by atoms with Crippen molar-refractivity contribution in [1.82, 2.24) is 0 Å². The molecule has 0 saturated carbocycles. The predicted molar refractivity (Wildman–Crippen MR) is 54.5 cm³/mol. The summed E-state index contributed by atoms with van der Waals surface area (Å²) in [5.41, 5.74) is 0.750. The maximum absolute atomic E-state index is 12.2. The van der Waals surface area contributed by atoms with Gasteiger partial charge in [0.25, 0.3) is 0 Å². The highest BCUT2D eigenvalue weighted by Gasteiger charge is 2.29. The first kappa shape index (κ1) is 11.6. The topological polar surface area (TPSA) is 12.0 Å². The third kappa shape index (κ3) is 3.31. The molecule has 1 rings (SSSR count). The van der Waals surface area contributed by atoms with Crippen LogP contribution in [0.4, 0.5) is 18.9 Å². The van der Waals surface area contributed by atoms with Gasteiger partial charge in [-0.25, -0.2) is 0 Å². The third-order valence-electron chi connectivity index (χ3n) is 1.96. The number of allylic oxidation sites excluding steroid dienone is 1. The zero-order valence-corrected chi connectivity index (χ0v) is 8.36. The number of halogens is 3. The summed E-state index contributed by atoms with van der Waals surface area (Å²) in [4.78, 5) is 0. The number of nitrogens with one attached hydrogen (secondary N) is 1. The maximum Gasteiger partial charge on any atom is 0.416 e. The quantitative estimate of drug-likeness (QED) is 0.802. The normalized spacial score (nSPS) is 11.2. The van der Waals surface area contributed by atoms with E-state index in [9.17, 15) is 13.2 Å². The van der Waals surface area contributed by atoms with Gasteiger partial charge in [-0.15, -0.1) is 0 Å². The van der Waals surface area contributed by atoms with Gasteiger partial charge in [0.15, 0.2) is 0 Å². The minimum Gasteiger partial charge on any atom is -0.359 e. The molecule has 0 radical (unpaired) electrons. The molecule has 0 aliphatic rings. The smallest absolute Gasteiger partial charge is 0.359 e. The Kier molecular flexibility index (Phi) is 3.39. The highest BCUT2D eigenvalue weighted by atomic mass is 19.4. The fourth-order valence-electron chi connectivity index (χ4n) is 1.04. The second-order valence-corrected chi connectivity index (χ2v) is 3.16. The molecule has 1 aromatic rings. The second kappa shape index (κ2) is 4.38. The largest absolute Gasteiger partial charge is 0.416 e. The van der Waals surface area contributed by atoms with Gasteiger partial charge < -0.3 is 5.32 Å². The van der Waals surface area contributed by atoms with Crippen LogP contribution in [0.3, 0.4) is 0 Å². The molecule has 82 valence electrons. The molecule has 0 aliphatic heterocycles. The summed E-state index contributed by atoms with van der Waals surface area (Å²) in [6.45, 7) is 5.62. The lowest BCUT2D eigenvalue weighted by atomic mass is 10.2. The molecular weight excluding hydrogens is 203 g/mol. The zero-order valence-electron chi connectivity index (χ0n) is 8.36. The minimum atomic E-state index is -4.28. The Morgan fingerprint density at radius 2 is 1.80 bits per heavy atom. The molecule has 0 bridgehead atoms. The number of alkyl halides is 3. The SMILES string of the molecule is C=C(CC)Nc1ccc(C(F)(F)F)cc1. The van der Waals surface area contributed by atoms with Gasteiger partial charge in [-0.05, 0) is 30.7 Å². The van der Waals surface area contributed by atoms with E-state index in [1.165, 1.54) is 12.1 Å². The molecule has 0 aromatic heterocycles. The summed E-state index contributed by atoms with van der Waals surface area (Å²) >= 11 is 0. The second-order valence-electron chi connectivity index (χ2n) is 3.16. The lowest BCUT2D eigenvalue weighted by Crippen LogP contribution is -2.04. The van der Waals surface area contributed by atoms with E-state index in [0.29, 0.717) is 5.69 Å². The van der Waals surface area contributed by atoms with Crippen LogP contribution in [-0.4, -0.2) is 0 Å². The summed E-state index contributed by atoms with van der Waals surface area (Å²) < 4.78 is 36.6. The van der Waals surface area contributed by atoms with E-state index in [-0.39, 0.29) is 0 Å². The van der Waals surface area contributed by atoms with E-state index in [1.54, 1.807) is 0 Å². The molecule has 0 atom stereocenters. The van der Waals surface area contributed by atoms with Gasteiger partial charge in [0.1, 0.15) is 0 Å². The Labute approximate surface area is 86.6 Å². The van der Waals surface area contributed by atoms with Gasteiger partial charge in [0.2, 0.25) is 0 Å². The van der Waals surface area contributed by atoms with E-state index in [2.05, 4.69) is 11.9 Å². The summed E-state index contributed by atoms with van der Waals surface area (Å²) in [5, 5.41) is 2.91. The molecule has 0 aliphatic carbocycles. The Morgan fingerprint density at radius 3 is 2.20 bits per heavy atom. The van der Waals surface area contributed by atoms with Crippen molar-refractivity contribution in [3.63, 3.8) is 0 Å². The van der Waals surface area contributed by atoms with E-state index in [0.717, 1.165) is 24.3 Å². The maximum atomic E-state index is 12.2. The average Bonchev–Trinajstić information content (AvgIpc) is 2.17. The monoisotopic (exact) mass is 215 g/mol. The molecule has 0 fully saturated rings. The van der Waals surface area contributed by atoms with Crippen LogP contribution in [0.2, 0.25) is 0 Å². The summed E-state index contributed by atoms with van der Waals surface area (Å²) in [6.07, 6.45) is -3.54. The van der Waals surface area contributed by atoms with Crippen LogP contribution in [0.1, 0.15) is 18.9 Å². The van der Waals surface area contributed by atoms with Crippen LogP contribution in [-0.2, 0) is 6.18 Å². The Morgan fingerprint density at radius 1 is 1.27 bits per heavy atom. The molecule has 0 amide bonds. The Bertz CT molecular complexity index is 338. The van der Waals surface area contributed by atoms with E-state index < -0.39 is 11.7 Å². The summed E-state index contributed by atoms with van der Waals surface area (Å²) in [7, 11) is 0. The van der Waals surface area contributed by atoms with Crippen molar-refractivity contribution >= 4 is 5.69 Å². The van der Waals surface area contributed by atoms with Crippen LogP contribution >= 0.6 is 0 Å². The molecule has 15 heavy (non-hydrogen) atoms. The van der Waals surface area contributed by atoms with Gasteiger partial charge in [-0.3, -0.25) is 0 Å². The van der Waals surface area contributed by atoms with Crippen molar-refractivity contribution in [3.05, 3.63) is 42.1 Å². The summed E-state index contributed by atoms with van der Waals surface area (Å²) in [5.74, 6) is 0. The van der Waals surface area contributed by atoms with Crippen molar-refractivity contribution in [2.24, 2.45) is 0 Å². The highest BCUT2D eigenvalue weighted by molar-refractivity contribution is 5.49. The van der Waals surface area contributed by atoms with Gasteiger partial charge in [-0.2, -0.15) is 13.2 Å². The average molecular weight is 215 g/mol. The van der Waals surface area contributed by atoms with Crippen molar-refractivity contribution in [2.45, 2.75) is 19.5 Å². The molecule has 0 saturated heterocycles. The van der Waals surface area contributed by atoms with Crippen molar-refractivity contribution in [2.75, 3.05) is 5.32 Å². The zero-order chi connectivity index (χ0) is 11.5. The number of rotatable bonds is 3. The number of benzene rings is 1. The number of anilines is 1. The predicted octanol–water partition coefficient (Wildman–Crippen LogP) is 4.04. The molecule has 1 aromatic carbocycles. The van der Waals surface area contributed by atoms with Crippen LogP contribution in [0.5, 0.6) is 0 Å². The lowest BCUT2D eigenvalue weighted by molar-refractivity contribution is -0.137. The van der Waals surface area contributed by atoms with Crippen LogP contribution in [0, 0.1) is 0 Å². The summed E-state index contributed by atoms with van der Waals surface area (Å²) in [6, 6.07) is 4.88. The lowest BCUT2D eigenvalue weighted by Gasteiger charge is -2.09. The van der Waals surface area contributed by atoms with E-state index in [4.69, 9.17) is 0 Å². The highest BCUT2D eigenvalue weighted by Crippen LogP contribution is 2.29. The standard InChI is InChI=1S/C11H12F3N/c1-3-8(2)15-10-6-4-9(5-7-10)11(12,13)14/h4-7,15H,2-3H2,1H3. The van der Waals surface area contributed by atoms with Gasteiger partial charge in [0, 0.05) is 11.4 Å². The number of hydrogen-bond acceptors (Lipinski definition) is 1. The van der Waals surface area contributed by atoms with Crippen molar-refractivity contribution < 1.29 is 13.2 Å². The van der Waals surface area contributed by atoms with E-state index >= 15 is 0 Å². The molecule has 1 N–H and O–H groups in total. The van der Waals surface area contributed by atoms with Crippen molar-refractivity contribution in [3.8, 4) is 0 Å².